The number of halogens is 1. The predicted molar refractivity (Wildman–Crippen MR) is 71.6 cm³/mol. The third-order valence-electron chi connectivity index (χ3n) is 2.77. The minimum Gasteiger partial charge on any atom is -0.314 e. The first kappa shape index (κ1) is 12.0. The van der Waals surface area contributed by atoms with E-state index >= 15 is 0 Å². The van der Waals surface area contributed by atoms with Crippen molar-refractivity contribution in [2.75, 3.05) is 6.54 Å². The molecule has 0 radical (unpaired) electrons. The summed E-state index contributed by atoms with van der Waals surface area (Å²) in [6.07, 6.45) is 5.24. The lowest BCUT2D eigenvalue weighted by Crippen LogP contribution is -2.27. The second kappa shape index (κ2) is 5.27. The highest BCUT2D eigenvalue weighted by Crippen LogP contribution is 2.18. The molecule has 5 heteroatoms. The van der Waals surface area contributed by atoms with Gasteiger partial charge in [-0.3, -0.25) is 9.36 Å². The Balaban J connectivity index is 1.91. The van der Waals surface area contributed by atoms with Crippen molar-refractivity contribution in [1.29, 1.82) is 0 Å². The SMILES string of the molecule is Cc1ncc(I)c(=O)n1CCCNC1CC1. The molecule has 16 heavy (non-hydrogen) atoms. The number of nitrogens with one attached hydrogen (secondary N) is 1. The summed E-state index contributed by atoms with van der Waals surface area (Å²) in [5.41, 5.74) is 0.0829. The maximum Gasteiger partial charge on any atom is 0.266 e. The van der Waals surface area contributed by atoms with Crippen LogP contribution in [0, 0.1) is 10.5 Å². The zero-order valence-electron chi connectivity index (χ0n) is 9.37. The second-order valence-corrected chi connectivity index (χ2v) is 5.35. The highest BCUT2D eigenvalue weighted by Gasteiger charge is 2.19. The van der Waals surface area contributed by atoms with E-state index in [2.05, 4.69) is 10.3 Å². The quantitative estimate of drug-likeness (QED) is 0.653. The van der Waals surface area contributed by atoms with Crippen LogP contribution in [0.2, 0.25) is 0 Å². The van der Waals surface area contributed by atoms with Crippen LogP contribution in [0.5, 0.6) is 0 Å². The molecule has 0 aromatic carbocycles. The van der Waals surface area contributed by atoms with Gasteiger partial charge in [0.1, 0.15) is 5.82 Å². The van der Waals surface area contributed by atoms with Gasteiger partial charge in [0.05, 0.1) is 3.57 Å². The van der Waals surface area contributed by atoms with Crippen LogP contribution >= 0.6 is 22.6 Å². The molecule has 2 rings (SSSR count). The van der Waals surface area contributed by atoms with Gasteiger partial charge in [-0.2, -0.15) is 0 Å². The molecule has 1 aliphatic carbocycles. The maximum atomic E-state index is 11.8. The molecule has 1 N–H and O–H groups in total. The molecule has 0 atom stereocenters. The molecule has 4 nitrogen and oxygen atoms in total. The zero-order valence-corrected chi connectivity index (χ0v) is 11.5. The van der Waals surface area contributed by atoms with Crippen molar-refractivity contribution in [3.63, 3.8) is 0 Å². The molecule has 1 aromatic rings. The van der Waals surface area contributed by atoms with Crippen molar-refractivity contribution in [3.8, 4) is 0 Å². The maximum absolute atomic E-state index is 11.8. The first-order chi connectivity index (χ1) is 7.68. The number of rotatable bonds is 5. The fourth-order valence-corrected chi connectivity index (χ4v) is 2.08. The lowest BCUT2D eigenvalue weighted by atomic mass is 10.4. The number of hydrogen-bond donors (Lipinski definition) is 1. The fourth-order valence-electron chi connectivity index (χ4n) is 1.65. The van der Waals surface area contributed by atoms with Crippen molar-refractivity contribution in [2.24, 2.45) is 0 Å². The molecule has 0 saturated heterocycles. The van der Waals surface area contributed by atoms with Crippen LogP contribution in [0.3, 0.4) is 0 Å². The summed E-state index contributed by atoms with van der Waals surface area (Å²) in [6.45, 7) is 3.63. The Morgan fingerprint density at radius 2 is 2.38 bits per heavy atom. The van der Waals surface area contributed by atoms with Crippen LogP contribution < -0.4 is 10.9 Å². The summed E-state index contributed by atoms with van der Waals surface area (Å²) < 4.78 is 2.45. The minimum absolute atomic E-state index is 0.0829. The van der Waals surface area contributed by atoms with E-state index in [1.807, 2.05) is 29.5 Å². The number of aromatic nitrogens is 2. The van der Waals surface area contributed by atoms with Crippen molar-refractivity contribution >= 4 is 22.6 Å². The molecule has 0 spiro atoms. The zero-order chi connectivity index (χ0) is 11.5. The number of aryl methyl sites for hydroxylation is 1. The van der Waals surface area contributed by atoms with Crippen molar-refractivity contribution < 1.29 is 0 Å². The molecular formula is C11H16IN3O. The molecule has 1 aromatic heterocycles. The Kier molecular flexibility index (Phi) is 3.96. The first-order valence-electron chi connectivity index (χ1n) is 5.64. The number of hydrogen-bond acceptors (Lipinski definition) is 3. The molecule has 1 heterocycles. The summed E-state index contributed by atoms with van der Waals surface area (Å²) in [6, 6.07) is 0.742. The molecule has 1 fully saturated rings. The van der Waals surface area contributed by atoms with Crippen LogP contribution in [0.4, 0.5) is 0 Å². The van der Waals surface area contributed by atoms with Gasteiger partial charge >= 0.3 is 0 Å². The van der Waals surface area contributed by atoms with Gasteiger partial charge in [0.15, 0.2) is 0 Å². The average Bonchev–Trinajstić information content (AvgIpc) is 3.07. The van der Waals surface area contributed by atoms with Gasteiger partial charge in [0.2, 0.25) is 0 Å². The summed E-state index contributed by atoms with van der Waals surface area (Å²) in [4.78, 5) is 16.0. The van der Waals surface area contributed by atoms with Gasteiger partial charge in [-0.1, -0.05) is 0 Å². The third kappa shape index (κ3) is 3.04. The topological polar surface area (TPSA) is 46.9 Å². The van der Waals surface area contributed by atoms with Gasteiger partial charge in [0, 0.05) is 18.8 Å². The summed E-state index contributed by atoms with van der Waals surface area (Å²) in [5.74, 6) is 0.803. The highest BCUT2D eigenvalue weighted by molar-refractivity contribution is 14.1. The summed E-state index contributed by atoms with van der Waals surface area (Å²) in [7, 11) is 0. The van der Waals surface area contributed by atoms with Crippen molar-refractivity contribution in [2.45, 2.75) is 38.8 Å². The first-order valence-corrected chi connectivity index (χ1v) is 6.71. The predicted octanol–water partition coefficient (Wildman–Crippen LogP) is 1.30. The third-order valence-corrected chi connectivity index (χ3v) is 3.51. The highest BCUT2D eigenvalue weighted by atomic mass is 127. The Labute approximate surface area is 109 Å². The van der Waals surface area contributed by atoms with Crippen LogP contribution in [0.15, 0.2) is 11.0 Å². The van der Waals surface area contributed by atoms with E-state index in [1.54, 1.807) is 10.8 Å². The van der Waals surface area contributed by atoms with Crippen molar-refractivity contribution in [3.05, 3.63) is 25.9 Å². The molecule has 0 unspecified atom stereocenters. The molecule has 1 aliphatic rings. The van der Waals surface area contributed by atoms with Crippen LogP contribution in [0.1, 0.15) is 25.1 Å². The summed E-state index contributed by atoms with van der Waals surface area (Å²) >= 11 is 2.04. The molecule has 88 valence electrons. The van der Waals surface area contributed by atoms with Gasteiger partial charge < -0.3 is 5.32 Å². The van der Waals surface area contributed by atoms with Crippen molar-refractivity contribution in [1.82, 2.24) is 14.9 Å². The Hall–Kier alpha value is -0.430. The van der Waals surface area contributed by atoms with E-state index in [0.29, 0.717) is 3.57 Å². The molecule has 0 aliphatic heterocycles. The molecule has 0 amide bonds. The number of nitrogens with zero attached hydrogens (tertiary/aromatic N) is 2. The second-order valence-electron chi connectivity index (χ2n) is 4.19. The lowest BCUT2D eigenvalue weighted by molar-refractivity contribution is 0.550. The Bertz CT molecular complexity index is 426. The van der Waals surface area contributed by atoms with E-state index in [0.717, 1.165) is 31.4 Å². The normalized spacial score (nSPS) is 15.4. The monoisotopic (exact) mass is 333 g/mol. The molecule has 1 saturated carbocycles. The standard InChI is InChI=1S/C11H16IN3O/c1-8-14-7-10(12)11(16)15(8)6-2-5-13-9-3-4-9/h7,9,13H,2-6H2,1H3. The van der Waals surface area contributed by atoms with E-state index < -0.39 is 0 Å². The van der Waals surface area contributed by atoms with E-state index in [1.165, 1.54) is 12.8 Å². The van der Waals surface area contributed by atoms with Gasteiger partial charge in [0.25, 0.3) is 5.56 Å². The summed E-state index contributed by atoms with van der Waals surface area (Å²) in [5, 5.41) is 3.44. The molecule has 0 bridgehead atoms. The largest absolute Gasteiger partial charge is 0.314 e. The average molecular weight is 333 g/mol. The van der Waals surface area contributed by atoms with Gasteiger partial charge in [-0.05, 0) is 55.3 Å². The van der Waals surface area contributed by atoms with E-state index in [4.69, 9.17) is 0 Å². The van der Waals surface area contributed by atoms with Crippen LogP contribution in [-0.2, 0) is 6.54 Å². The Morgan fingerprint density at radius 1 is 1.62 bits per heavy atom. The fraction of sp³-hybridized carbons (Fsp3) is 0.636. The lowest BCUT2D eigenvalue weighted by Gasteiger charge is -2.09. The molecular weight excluding hydrogens is 317 g/mol. The smallest absolute Gasteiger partial charge is 0.266 e. The van der Waals surface area contributed by atoms with E-state index in [9.17, 15) is 4.79 Å². The van der Waals surface area contributed by atoms with Crippen LogP contribution in [-0.4, -0.2) is 22.1 Å². The van der Waals surface area contributed by atoms with Gasteiger partial charge in [-0.15, -0.1) is 0 Å². The van der Waals surface area contributed by atoms with Crippen LogP contribution in [0.25, 0.3) is 0 Å². The van der Waals surface area contributed by atoms with E-state index in [-0.39, 0.29) is 5.56 Å². The minimum atomic E-state index is 0.0829. The van der Waals surface area contributed by atoms with Gasteiger partial charge in [-0.25, -0.2) is 4.98 Å². The Morgan fingerprint density at radius 3 is 3.06 bits per heavy atom.